The van der Waals surface area contributed by atoms with Gasteiger partial charge in [-0.15, -0.1) is 0 Å². The SMILES string of the molecule is O=C(CCn1ccccc1=O)Nc1cccc2cccnc12. The number of anilines is 1. The van der Waals surface area contributed by atoms with Crippen LogP contribution in [-0.4, -0.2) is 15.5 Å². The molecule has 0 bridgehead atoms. The molecule has 0 unspecified atom stereocenters. The molecule has 1 amide bonds. The van der Waals surface area contributed by atoms with Crippen molar-refractivity contribution in [2.45, 2.75) is 13.0 Å². The molecule has 2 heterocycles. The summed E-state index contributed by atoms with van der Waals surface area (Å²) in [6, 6.07) is 14.4. The Morgan fingerprint density at radius 3 is 2.82 bits per heavy atom. The van der Waals surface area contributed by atoms with Crippen molar-refractivity contribution in [1.29, 1.82) is 0 Å². The van der Waals surface area contributed by atoms with E-state index in [0.717, 1.165) is 10.9 Å². The highest BCUT2D eigenvalue weighted by molar-refractivity contribution is 6.00. The molecule has 0 fully saturated rings. The summed E-state index contributed by atoms with van der Waals surface area (Å²) >= 11 is 0. The van der Waals surface area contributed by atoms with Crippen LogP contribution in [-0.2, 0) is 11.3 Å². The van der Waals surface area contributed by atoms with Gasteiger partial charge in [0.1, 0.15) is 0 Å². The number of aromatic nitrogens is 2. The summed E-state index contributed by atoms with van der Waals surface area (Å²) in [6.07, 6.45) is 3.60. The molecule has 0 aliphatic rings. The maximum atomic E-state index is 12.1. The lowest BCUT2D eigenvalue weighted by atomic mass is 10.2. The van der Waals surface area contributed by atoms with Crippen molar-refractivity contribution in [3.05, 3.63) is 71.3 Å². The van der Waals surface area contributed by atoms with Gasteiger partial charge < -0.3 is 9.88 Å². The highest BCUT2D eigenvalue weighted by Gasteiger charge is 2.07. The van der Waals surface area contributed by atoms with Crippen LogP contribution < -0.4 is 10.9 Å². The molecule has 0 spiro atoms. The normalized spacial score (nSPS) is 10.5. The maximum Gasteiger partial charge on any atom is 0.250 e. The number of rotatable bonds is 4. The summed E-state index contributed by atoms with van der Waals surface area (Å²) in [5.41, 5.74) is 1.33. The fourth-order valence-electron chi connectivity index (χ4n) is 2.29. The van der Waals surface area contributed by atoms with E-state index in [1.807, 2.05) is 30.3 Å². The molecule has 1 aromatic carbocycles. The summed E-state index contributed by atoms with van der Waals surface area (Å²) in [4.78, 5) is 28.0. The van der Waals surface area contributed by atoms with Crippen molar-refractivity contribution in [2.24, 2.45) is 0 Å². The van der Waals surface area contributed by atoms with Crippen LogP contribution in [0.2, 0.25) is 0 Å². The standard InChI is InChI=1S/C17H15N3O2/c21-15(9-12-20-11-2-1-8-16(20)22)19-14-7-3-5-13-6-4-10-18-17(13)14/h1-8,10-11H,9,12H2,(H,19,21). The Balaban J connectivity index is 1.71. The van der Waals surface area contributed by atoms with Crippen molar-refractivity contribution < 1.29 is 4.79 Å². The van der Waals surface area contributed by atoms with E-state index in [-0.39, 0.29) is 17.9 Å². The second-order valence-corrected chi connectivity index (χ2v) is 4.91. The minimum Gasteiger partial charge on any atom is -0.324 e. The molecule has 2 aromatic heterocycles. The van der Waals surface area contributed by atoms with E-state index in [0.29, 0.717) is 12.2 Å². The van der Waals surface area contributed by atoms with Crippen molar-refractivity contribution in [2.75, 3.05) is 5.32 Å². The van der Waals surface area contributed by atoms with E-state index in [1.54, 1.807) is 24.5 Å². The number of carbonyl (C=O) groups excluding carboxylic acids is 1. The molecule has 0 saturated heterocycles. The zero-order chi connectivity index (χ0) is 15.4. The minimum atomic E-state index is -0.145. The van der Waals surface area contributed by atoms with Crippen LogP contribution in [0.1, 0.15) is 6.42 Å². The third kappa shape index (κ3) is 3.03. The smallest absolute Gasteiger partial charge is 0.250 e. The van der Waals surface area contributed by atoms with Crippen LogP contribution in [0.4, 0.5) is 5.69 Å². The Labute approximate surface area is 127 Å². The lowest BCUT2D eigenvalue weighted by Crippen LogP contribution is -2.21. The summed E-state index contributed by atoms with van der Waals surface area (Å²) in [7, 11) is 0. The molecule has 5 nitrogen and oxygen atoms in total. The van der Waals surface area contributed by atoms with Crippen LogP contribution in [0.5, 0.6) is 0 Å². The molecular weight excluding hydrogens is 278 g/mol. The number of nitrogens with zero attached hydrogens (tertiary/aromatic N) is 2. The Hall–Kier alpha value is -2.95. The zero-order valence-corrected chi connectivity index (χ0v) is 11.9. The topological polar surface area (TPSA) is 64.0 Å². The number of nitrogens with one attached hydrogen (secondary N) is 1. The van der Waals surface area contributed by atoms with Gasteiger partial charge in [-0.1, -0.05) is 24.3 Å². The molecule has 1 N–H and O–H groups in total. The number of para-hydroxylation sites is 1. The van der Waals surface area contributed by atoms with Gasteiger partial charge in [0.15, 0.2) is 0 Å². The molecule has 110 valence electrons. The molecule has 0 atom stereocenters. The Kier molecular flexibility index (Phi) is 3.96. The molecule has 22 heavy (non-hydrogen) atoms. The number of carbonyl (C=O) groups is 1. The van der Waals surface area contributed by atoms with Gasteiger partial charge in [-0.3, -0.25) is 14.6 Å². The lowest BCUT2D eigenvalue weighted by Gasteiger charge is -2.08. The quantitative estimate of drug-likeness (QED) is 0.803. The summed E-state index contributed by atoms with van der Waals surface area (Å²) < 4.78 is 1.51. The summed E-state index contributed by atoms with van der Waals surface area (Å²) in [5, 5.41) is 3.83. The fraction of sp³-hybridized carbons (Fsp3) is 0.118. The first kappa shape index (κ1) is 14.0. The Morgan fingerprint density at radius 1 is 1.09 bits per heavy atom. The first-order chi connectivity index (χ1) is 10.7. The predicted octanol–water partition coefficient (Wildman–Crippen LogP) is 2.43. The van der Waals surface area contributed by atoms with E-state index in [1.165, 1.54) is 10.6 Å². The van der Waals surface area contributed by atoms with Gasteiger partial charge in [-0.25, -0.2) is 0 Å². The number of hydrogen-bond acceptors (Lipinski definition) is 3. The number of aryl methyl sites for hydroxylation is 1. The van der Waals surface area contributed by atoms with Crippen LogP contribution in [0.25, 0.3) is 10.9 Å². The third-order valence-electron chi connectivity index (χ3n) is 3.39. The molecule has 5 heteroatoms. The molecule has 3 aromatic rings. The first-order valence-corrected chi connectivity index (χ1v) is 7.03. The first-order valence-electron chi connectivity index (χ1n) is 7.03. The van der Waals surface area contributed by atoms with E-state index in [4.69, 9.17) is 0 Å². The van der Waals surface area contributed by atoms with Gasteiger partial charge in [-0.05, 0) is 18.2 Å². The second kappa shape index (κ2) is 6.22. The number of hydrogen-bond donors (Lipinski definition) is 1. The van der Waals surface area contributed by atoms with Gasteiger partial charge in [0.25, 0.3) is 5.56 Å². The Morgan fingerprint density at radius 2 is 1.95 bits per heavy atom. The van der Waals surface area contributed by atoms with Crippen LogP contribution in [0.15, 0.2) is 65.7 Å². The van der Waals surface area contributed by atoms with E-state index in [2.05, 4.69) is 10.3 Å². The lowest BCUT2D eigenvalue weighted by molar-refractivity contribution is -0.116. The van der Waals surface area contributed by atoms with Crippen molar-refractivity contribution in [1.82, 2.24) is 9.55 Å². The molecule has 0 aliphatic heterocycles. The molecular formula is C17H15N3O2. The minimum absolute atomic E-state index is 0.109. The number of amides is 1. The molecule has 3 rings (SSSR count). The van der Waals surface area contributed by atoms with Crippen LogP contribution in [0.3, 0.4) is 0 Å². The zero-order valence-electron chi connectivity index (χ0n) is 11.9. The van der Waals surface area contributed by atoms with Crippen LogP contribution >= 0.6 is 0 Å². The molecule has 0 radical (unpaired) electrons. The van der Waals surface area contributed by atoms with Gasteiger partial charge >= 0.3 is 0 Å². The van der Waals surface area contributed by atoms with Gasteiger partial charge in [0, 0.05) is 36.8 Å². The van der Waals surface area contributed by atoms with E-state index in [9.17, 15) is 9.59 Å². The van der Waals surface area contributed by atoms with Crippen molar-refractivity contribution >= 4 is 22.5 Å². The van der Waals surface area contributed by atoms with E-state index < -0.39 is 0 Å². The molecule has 0 saturated carbocycles. The van der Waals surface area contributed by atoms with Gasteiger partial charge in [-0.2, -0.15) is 0 Å². The highest BCUT2D eigenvalue weighted by Crippen LogP contribution is 2.20. The average Bonchev–Trinajstić information content (AvgIpc) is 2.54. The van der Waals surface area contributed by atoms with Crippen LogP contribution in [0, 0.1) is 0 Å². The second-order valence-electron chi connectivity index (χ2n) is 4.91. The van der Waals surface area contributed by atoms with Gasteiger partial charge in [0.05, 0.1) is 11.2 Å². The fourth-order valence-corrected chi connectivity index (χ4v) is 2.29. The summed E-state index contributed by atoms with van der Waals surface area (Å²) in [5.74, 6) is -0.145. The number of fused-ring (bicyclic) bond motifs is 1. The van der Waals surface area contributed by atoms with E-state index >= 15 is 0 Å². The number of pyridine rings is 2. The highest BCUT2D eigenvalue weighted by atomic mass is 16.1. The molecule has 0 aliphatic carbocycles. The maximum absolute atomic E-state index is 12.1. The third-order valence-corrected chi connectivity index (χ3v) is 3.39. The van der Waals surface area contributed by atoms with Gasteiger partial charge in [0.2, 0.25) is 5.91 Å². The predicted molar refractivity (Wildman–Crippen MR) is 85.7 cm³/mol. The largest absolute Gasteiger partial charge is 0.324 e. The average molecular weight is 293 g/mol. The monoisotopic (exact) mass is 293 g/mol. The number of benzene rings is 1. The van der Waals surface area contributed by atoms with Crippen molar-refractivity contribution in [3.8, 4) is 0 Å². The Bertz CT molecular complexity index is 865. The summed E-state index contributed by atoms with van der Waals surface area (Å²) in [6.45, 7) is 0.351. The van der Waals surface area contributed by atoms with Crippen molar-refractivity contribution in [3.63, 3.8) is 0 Å².